The van der Waals surface area contributed by atoms with E-state index in [1.165, 1.54) is 23.9 Å². The molecule has 0 radical (unpaired) electrons. The van der Waals surface area contributed by atoms with Gasteiger partial charge in [-0.05, 0) is 39.3 Å². The highest BCUT2D eigenvalue weighted by Gasteiger charge is 2.30. The lowest BCUT2D eigenvalue weighted by atomic mass is 9.98. The standard InChI is InChI=1S/C16H18ClN3O4/c1-5-19-16(24-6-2)12(8-18-19)15(21)11-7-9(3)13(17)10(4)14(11)20(22)23/h7-8H,5-6H2,1-4H3. The van der Waals surface area contributed by atoms with E-state index in [4.69, 9.17) is 16.3 Å². The maximum Gasteiger partial charge on any atom is 0.284 e. The van der Waals surface area contributed by atoms with E-state index in [1.807, 2.05) is 6.92 Å². The summed E-state index contributed by atoms with van der Waals surface area (Å²) < 4.78 is 7.05. The zero-order valence-electron chi connectivity index (χ0n) is 13.9. The molecule has 1 heterocycles. The Balaban J connectivity index is 2.67. The van der Waals surface area contributed by atoms with Crippen LogP contribution in [0.3, 0.4) is 0 Å². The van der Waals surface area contributed by atoms with Crippen LogP contribution in [0.5, 0.6) is 5.88 Å². The molecule has 0 aliphatic rings. The zero-order chi connectivity index (χ0) is 18.0. The van der Waals surface area contributed by atoms with Crippen molar-refractivity contribution in [1.29, 1.82) is 0 Å². The summed E-state index contributed by atoms with van der Waals surface area (Å²) in [5.41, 5.74) is 0.760. The second kappa shape index (κ2) is 7.00. The Labute approximate surface area is 144 Å². The Kier molecular flexibility index (Phi) is 5.23. The van der Waals surface area contributed by atoms with Crippen LogP contribution in [0.25, 0.3) is 0 Å². The van der Waals surface area contributed by atoms with Crippen LogP contribution in [0.15, 0.2) is 12.3 Å². The van der Waals surface area contributed by atoms with Gasteiger partial charge in [-0.2, -0.15) is 5.10 Å². The molecule has 1 aromatic carbocycles. The number of benzene rings is 1. The molecule has 0 saturated carbocycles. The van der Waals surface area contributed by atoms with Gasteiger partial charge in [-0.25, -0.2) is 4.68 Å². The lowest BCUT2D eigenvalue weighted by molar-refractivity contribution is -0.385. The summed E-state index contributed by atoms with van der Waals surface area (Å²) >= 11 is 6.10. The molecule has 0 aliphatic heterocycles. The molecule has 0 spiro atoms. The van der Waals surface area contributed by atoms with Gasteiger partial charge in [0.2, 0.25) is 11.7 Å². The molecule has 0 fully saturated rings. The van der Waals surface area contributed by atoms with E-state index in [1.54, 1.807) is 13.8 Å². The first-order valence-electron chi connectivity index (χ1n) is 7.50. The fourth-order valence-electron chi connectivity index (χ4n) is 2.55. The molecular weight excluding hydrogens is 334 g/mol. The van der Waals surface area contributed by atoms with Gasteiger partial charge >= 0.3 is 0 Å². The molecule has 128 valence electrons. The number of nitro groups is 1. The quantitative estimate of drug-likeness (QED) is 0.449. The zero-order valence-corrected chi connectivity index (χ0v) is 14.7. The maximum atomic E-state index is 12.9. The highest BCUT2D eigenvalue weighted by Crippen LogP contribution is 2.35. The van der Waals surface area contributed by atoms with E-state index < -0.39 is 10.7 Å². The maximum absolute atomic E-state index is 12.9. The van der Waals surface area contributed by atoms with Crippen molar-refractivity contribution in [2.24, 2.45) is 0 Å². The third-order valence-electron chi connectivity index (χ3n) is 3.69. The van der Waals surface area contributed by atoms with E-state index in [2.05, 4.69) is 5.10 Å². The smallest absolute Gasteiger partial charge is 0.284 e. The molecule has 0 aliphatic carbocycles. The summed E-state index contributed by atoms with van der Waals surface area (Å²) in [5, 5.41) is 15.9. The van der Waals surface area contributed by atoms with Crippen molar-refractivity contribution in [3.05, 3.63) is 49.7 Å². The molecule has 2 aromatic rings. The van der Waals surface area contributed by atoms with E-state index in [0.29, 0.717) is 24.6 Å². The molecule has 7 nitrogen and oxygen atoms in total. The molecule has 0 unspecified atom stereocenters. The first kappa shape index (κ1) is 17.9. The van der Waals surface area contributed by atoms with E-state index in [9.17, 15) is 14.9 Å². The summed E-state index contributed by atoms with van der Waals surface area (Å²) in [7, 11) is 0. The molecule has 8 heteroatoms. The Morgan fingerprint density at radius 3 is 2.58 bits per heavy atom. The van der Waals surface area contributed by atoms with Crippen LogP contribution in [0, 0.1) is 24.0 Å². The van der Waals surface area contributed by atoms with Gasteiger partial charge in [-0.3, -0.25) is 14.9 Å². The summed E-state index contributed by atoms with van der Waals surface area (Å²) in [6.07, 6.45) is 1.37. The topological polar surface area (TPSA) is 87.3 Å². The first-order valence-corrected chi connectivity index (χ1v) is 7.88. The van der Waals surface area contributed by atoms with Crippen LogP contribution in [-0.2, 0) is 6.54 Å². The minimum atomic E-state index is -0.585. The number of ether oxygens (including phenoxy) is 1. The number of halogens is 1. The lowest BCUT2D eigenvalue weighted by Crippen LogP contribution is -2.10. The average Bonchev–Trinajstić information content (AvgIpc) is 2.94. The Bertz CT molecular complexity index is 814. The van der Waals surface area contributed by atoms with Crippen molar-refractivity contribution < 1.29 is 14.5 Å². The lowest BCUT2D eigenvalue weighted by Gasteiger charge is -2.10. The minimum Gasteiger partial charge on any atom is -0.478 e. The molecule has 0 atom stereocenters. The van der Waals surface area contributed by atoms with Gasteiger partial charge < -0.3 is 4.74 Å². The number of nitrogens with zero attached hydrogens (tertiary/aromatic N) is 3. The number of ketones is 1. The van der Waals surface area contributed by atoms with Crippen molar-refractivity contribution in [1.82, 2.24) is 9.78 Å². The van der Waals surface area contributed by atoms with Crippen molar-refractivity contribution >= 4 is 23.1 Å². The molecular formula is C16H18ClN3O4. The summed E-state index contributed by atoms with van der Waals surface area (Å²) in [6, 6.07) is 1.44. The third kappa shape index (κ3) is 2.99. The number of nitro benzene ring substituents is 1. The van der Waals surface area contributed by atoms with Gasteiger partial charge in [0.05, 0.1) is 22.7 Å². The third-order valence-corrected chi connectivity index (χ3v) is 4.27. The summed E-state index contributed by atoms with van der Waals surface area (Å²) in [5.74, 6) is -0.197. The monoisotopic (exact) mass is 351 g/mol. The normalized spacial score (nSPS) is 10.7. The van der Waals surface area contributed by atoms with Crippen LogP contribution in [-0.4, -0.2) is 27.1 Å². The SMILES string of the molecule is CCOc1c(C(=O)c2cc(C)c(Cl)c(C)c2[N+](=O)[O-])cnn1CC. The number of hydrogen-bond acceptors (Lipinski definition) is 5. The van der Waals surface area contributed by atoms with Gasteiger partial charge in [0, 0.05) is 12.1 Å². The van der Waals surface area contributed by atoms with Crippen molar-refractivity contribution in [3.63, 3.8) is 0 Å². The predicted molar refractivity (Wildman–Crippen MR) is 90.1 cm³/mol. The van der Waals surface area contributed by atoms with E-state index >= 15 is 0 Å². The van der Waals surface area contributed by atoms with Gasteiger partial charge in [-0.1, -0.05) is 11.6 Å². The molecule has 0 N–H and O–H groups in total. The second-order valence-electron chi connectivity index (χ2n) is 5.23. The average molecular weight is 352 g/mol. The van der Waals surface area contributed by atoms with Crippen molar-refractivity contribution in [3.8, 4) is 5.88 Å². The van der Waals surface area contributed by atoms with Gasteiger partial charge in [0.1, 0.15) is 11.1 Å². The highest BCUT2D eigenvalue weighted by molar-refractivity contribution is 6.32. The minimum absolute atomic E-state index is 0.0176. The Hall–Kier alpha value is -2.41. The van der Waals surface area contributed by atoms with Crippen LogP contribution in [0.1, 0.15) is 40.9 Å². The number of aromatic nitrogens is 2. The second-order valence-corrected chi connectivity index (χ2v) is 5.60. The van der Waals surface area contributed by atoms with Gasteiger partial charge in [0.15, 0.2) is 0 Å². The molecule has 0 saturated heterocycles. The Morgan fingerprint density at radius 2 is 2.04 bits per heavy atom. The predicted octanol–water partition coefficient (Wildman–Crippen LogP) is 3.71. The van der Waals surface area contributed by atoms with E-state index in [0.717, 1.165) is 0 Å². The number of hydrogen-bond donors (Lipinski definition) is 0. The van der Waals surface area contributed by atoms with Crippen LogP contribution in [0.4, 0.5) is 5.69 Å². The highest BCUT2D eigenvalue weighted by atomic mass is 35.5. The molecule has 24 heavy (non-hydrogen) atoms. The van der Waals surface area contributed by atoms with Gasteiger partial charge in [-0.15, -0.1) is 0 Å². The number of carbonyl (C=O) groups is 1. The first-order chi connectivity index (χ1) is 11.3. The summed E-state index contributed by atoms with van der Waals surface area (Å²) in [4.78, 5) is 23.8. The summed E-state index contributed by atoms with van der Waals surface area (Å²) in [6.45, 7) is 7.76. The number of rotatable bonds is 6. The van der Waals surface area contributed by atoms with Crippen LogP contribution < -0.4 is 4.74 Å². The molecule has 1 aromatic heterocycles. The number of carbonyl (C=O) groups excluding carboxylic acids is 1. The molecule has 0 amide bonds. The van der Waals surface area contributed by atoms with E-state index in [-0.39, 0.29) is 27.4 Å². The fourth-order valence-corrected chi connectivity index (χ4v) is 2.69. The molecule has 0 bridgehead atoms. The largest absolute Gasteiger partial charge is 0.478 e. The van der Waals surface area contributed by atoms with Crippen LogP contribution >= 0.6 is 11.6 Å². The Morgan fingerprint density at radius 1 is 1.38 bits per heavy atom. The van der Waals surface area contributed by atoms with Gasteiger partial charge in [0.25, 0.3) is 5.69 Å². The fraction of sp³-hybridized carbons (Fsp3) is 0.375. The van der Waals surface area contributed by atoms with Crippen LogP contribution in [0.2, 0.25) is 5.02 Å². The molecule has 2 rings (SSSR count). The number of aryl methyl sites for hydroxylation is 2. The van der Waals surface area contributed by atoms with Crippen molar-refractivity contribution in [2.45, 2.75) is 34.2 Å². The van der Waals surface area contributed by atoms with Crippen molar-refractivity contribution in [2.75, 3.05) is 6.61 Å².